The van der Waals surface area contributed by atoms with Crippen LogP contribution in [0.15, 0.2) is 24.3 Å². The second kappa shape index (κ2) is 8.15. The minimum Gasteiger partial charge on any atom is -0.497 e. The van der Waals surface area contributed by atoms with Gasteiger partial charge in [-0.1, -0.05) is 12.1 Å². The number of thiazole rings is 1. The van der Waals surface area contributed by atoms with Crippen molar-refractivity contribution in [3.8, 4) is 5.75 Å². The van der Waals surface area contributed by atoms with Crippen molar-refractivity contribution in [1.82, 2.24) is 15.2 Å². The van der Waals surface area contributed by atoms with Crippen molar-refractivity contribution in [2.24, 2.45) is 0 Å². The molecule has 0 bridgehead atoms. The highest BCUT2D eigenvalue weighted by atomic mass is 32.1. The second-order valence-electron chi connectivity index (χ2n) is 5.79. The number of nitrogens with one attached hydrogen (secondary N) is 1. The third kappa shape index (κ3) is 4.47. The predicted octanol–water partition coefficient (Wildman–Crippen LogP) is 3.71. The molecule has 130 valence electrons. The van der Waals surface area contributed by atoms with Crippen molar-refractivity contribution in [3.05, 3.63) is 45.4 Å². The number of aryl methyl sites for hydroxylation is 2. The average Bonchev–Trinajstić information content (AvgIpc) is 2.92. The number of hydrogen-bond donors (Lipinski definition) is 1. The van der Waals surface area contributed by atoms with Crippen molar-refractivity contribution in [2.75, 3.05) is 20.7 Å². The Balaban J connectivity index is 1.85. The molecule has 2 aromatic rings. The van der Waals surface area contributed by atoms with Gasteiger partial charge in [0.15, 0.2) is 0 Å². The first-order valence-corrected chi connectivity index (χ1v) is 8.81. The van der Waals surface area contributed by atoms with Crippen molar-refractivity contribution in [3.63, 3.8) is 0 Å². The number of benzene rings is 1. The third-order valence-corrected chi connectivity index (χ3v) is 4.99. The van der Waals surface area contributed by atoms with Crippen molar-refractivity contribution < 1.29 is 9.53 Å². The van der Waals surface area contributed by atoms with Crippen LogP contribution in [0.1, 0.15) is 34.1 Å². The van der Waals surface area contributed by atoms with Gasteiger partial charge in [-0.15, -0.1) is 11.3 Å². The molecule has 1 aromatic heterocycles. The second-order valence-corrected chi connectivity index (χ2v) is 7.20. The lowest BCUT2D eigenvalue weighted by Gasteiger charge is -2.24. The fourth-order valence-corrected chi connectivity index (χ4v) is 3.43. The summed E-state index contributed by atoms with van der Waals surface area (Å²) in [5.41, 5.74) is 2.14. The molecule has 0 saturated heterocycles. The number of aromatic nitrogens is 1. The first-order valence-electron chi connectivity index (χ1n) is 8.00. The lowest BCUT2D eigenvalue weighted by molar-refractivity contribution is 0.193. The molecule has 0 saturated carbocycles. The van der Waals surface area contributed by atoms with E-state index in [1.165, 1.54) is 0 Å². The van der Waals surface area contributed by atoms with Crippen LogP contribution in [0.3, 0.4) is 0 Å². The van der Waals surface area contributed by atoms with Gasteiger partial charge < -0.3 is 15.0 Å². The zero-order valence-electron chi connectivity index (χ0n) is 14.9. The van der Waals surface area contributed by atoms with E-state index < -0.39 is 0 Å². The smallest absolute Gasteiger partial charge is 0.317 e. The van der Waals surface area contributed by atoms with Crippen LogP contribution in [0.4, 0.5) is 4.79 Å². The quantitative estimate of drug-likeness (QED) is 0.866. The molecule has 1 aromatic carbocycles. The van der Waals surface area contributed by atoms with E-state index in [9.17, 15) is 4.79 Å². The van der Waals surface area contributed by atoms with Gasteiger partial charge in [-0.25, -0.2) is 9.78 Å². The van der Waals surface area contributed by atoms with Crippen molar-refractivity contribution in [2.45, 2.75) is 33.2 Å². The number of ether oxygens (including phenoxy) is 1. The van der Waals surface area contributed by atoms with E-state index in [-0.39, 0.29) is 12.1 Å². The molecule has 2 rings (SSSR count). The highest BCUT2D eigenvalue weighted by molar-refractivity contribution is 7.11. The number of amides is 2. The predicted molar refractivity (Wildman–Crippen MR) is 97.9 cm³/mol. The Hall–Kier alpha value is -2.08. The Labute approximate surface area is 147 Å². The summed E-state index contributed by atoms with van der Waals surface area (Å²) >= 11 is 1.67. The monoisotopic (exact) mass is 347 g/mol. The van der Waals surface area contributed by atoms with Crippen LogP contribution in [0.5, 0.6) is 5.75 Å². The third-order valence-electron chi connectivity index (χ3n) is 4.09. The fraction of sp³-hybridized carbons (Fsp3) is 0.444. The minimum atomic E-state index is -0.0823. The van der Waals surface area contributed by atoms with Gasteiger partial charge in [-0.3, -0.25) is 0 Å². The molecule has 0 spiro atoms. The number of methoxy groups -OCH3 is 1. The van der Waals surface area contributed by atoms with Gasteiger partial charge in [-0.05, 0) is 44.9 Å². The first kappa shape index (κ1) is 18.3. The van der Waals surface area contributed by atoms with Gasteiger partial charge in [0.05, 0.1) is 23.9 Å². The minimum absolute atomic E-state index is 0.0454. The maximum absolute atomic E-state index is 12.3. The number of hydrogen-bond acceptors (Lipinski definition) is 4. The standard InChI is InChI=1S/C18H25N3O2S/c1-12(17-13(2)24-14(3)20-17)21(4)18(22)19-11-10-15-6-8-16(23-5)9-7-15/h6-9,12H,10-11H2,1-5H3,(H,19,22). The first-order chi connectivity index (χ1) is 11.4. The molecule has 5 nitrogen and oxygen atoms in total. The Morgan fingerprint density at radius 2 is 2.00 bits per heavy atom. The average molecular weight is 347 g/mol. The lowest BCUT2D eigenvalue weighted by atomic mass is 10.1. The van der Waals surface area contributed by atoms with E-state index >= 15 is 0 Å². The molecule has 0 aliphatic carbocycles. The van der Waals surface area contributed by atoms with E-state index in [1.54, 1.807) is 23.3 Å². The molecule has 1 heterocycles. The number of urea groups is 1. The van der Waals surface area contributed by atoms with Gasteiger partial charge in [0, 0.05) is 18.5 Å². The van der Waals surface area contributed by atoms with Crippen LogP contribution >= 0.6 is 11.3 Å². The van der Waals surface area contributed by atoms with Crippen molar-refractivity contribution >= 4 is 17.4 Å². The van der Waals surface area contributed by atoms with E-state index in [0.29, 0.717) is 6.54 Å². The number of rotatable bonds is 6. The van der Waals surface area contributed by atoms with Crippen LogP contribution in [0.2, 0.25) is 0 Å². The molecular formula is C18H25N3O2S. The Morgan fingerprint density at radius 3 is 2.54 bits per heavy atom. The highest BCUT2D eigenvalue weighted by Gasteiger charge is 2.21. The molecular weight excluding hydrogens is 322 g/mol. The highest BCUT2D eigenvalue weighted by Crippen LogP contribution is 2.25. The van der Waals surface area contributed by atoms with Crippen LogP contribution in [-0.2, 0) is 6.42 Å². The summed E-state index contributed by atoms with van der Waals surface area (Å²) in [6.45, 7) is 6.64. The Kier molecular flexibility index (Phi) is 6.20. The van der Waals surface area contributed by atoms with Gasteiger partial charge in [-0.2, -0.15) is 0 Å². The summed E-state index contributed by atoms with van der Waals surface area (Å²) in [6, 6.07) is 7.76. The van der Waals surface area contributed by atoms with E-state index in [4.69, 9.17) is 4.74 Å². The summed E-state index contributed by atoms with van der Waals surface area (Å²) in [5.74, 6) is 0.838. The van der Waals surface area contributed by atoms with E-state index in [0.717, 1.165) is 33.3 Å². The summed E-state index contributed by atoms with van der Waals surface area (Å²) < 4.78 is 5.14. The summed E-state index contributed by atoms with van der Waals surface area (Å²) in [4.78, 5) is 19.7. The van der Waals surface area contributed by atoms with Gasteiger partial charge in [0.2, 0.25) is 0 Å². The van der Waals surface area contributed by atoms with Gasteiger partial charge in [0.25, 0.3) is 0 Å². The molecule has 0 radical (unpaired) electrons. The Bertz CT molecular complexity index is 682. The molecule has 24 heavy (non-hydrogen) atoms. The topological polar surface area (TPSA) is 54.5 Å². The van der Waals surface area contributed by atoms with Gasteiger partial charge in [0.1, 0.15) is 5.75 Å². The van der Waals surface area contributed by atoms with Crippen LogP contribution in [0.25, 0.3) is 0 Å². The zero-order valence-corrected chi connectivity index (χ0v) is 15.7. The number of nitrogens with zero attached hydrogens (tertiary/aromatic N) is 2. The van der Waals surface area contributed by atoms with E-state index in [1.807, 2.05) is 52.1 Å². The zero-order chi connectivity index (χ0) is 17.7. The summed E-state index contributed by atoms with van der Waals surface area (Å²) in [7, 11) is 3.46. The van der Waals surface area contributed by atoms with E-state index in [2.05, 4.69) is 10.3 Å². The summed E-state index contributed by atoms with van der Waals surface area (Å²) in [5, 5.41) is 4.00. The van der Waals surface area contributed by atoms with Crippen LogP contribution < -0.4 is 10.1 Å². The van der Waals surface area contributed by atoms with Gasteiger partial charge >= 0.3 is 6.03 Å². The number of carbonyl (C=O) groups is 1. The molecule has 2 amide bonds. The molecule has 0 aliphatic rings. The van der Waals surface area contributed by atoms with Crippen LogP contribution in [-0.4, -0.2) is 36.6 Å². The molecule has 1 atom stereocenters. The largest absolute Gasteiger partial charge is 0.497 e. The number of carbonyl (C=O) groups excluding carboxylic acids is 1. The molecule has 1 unspecified atom stereocenters. The molecule has 1 N–H and O–H groups in total. The Morgan fingerprint density at radius 1 is 1.33 bits per heavy atom. The maximum atomic E-state index is 12.3. The summed E-state index contributed by atoms with van der Waals surface area (Å²) in [6.07, 6.45) is 0.785. The molecule has 6 heteroatoms. The SMILES string of the molecule is COc1ccc(CCNC(=O)N(C)C(C)c2nc(C)sc2C)cc1. The molecule has 0 aliphatic heterocycles. The maximum Gasteiger partial charge on any atom is 0.317 e. The normalized spacial score (nSPS) is 11.9. The van der Waals surface area contributed by atoms with Crippen LogP contribution in [0, 0.1) is 13.8 Å². The van der Waals surface area contributed by atoms with Crippen molar-refractivity contribution in [1.29, 1.82) is 0 Å². The lowest BCUT2D eigenvalue weighted by Crippen LogP contribution is -2.39. The molecule has 0 fully saturated rings. The fourth-order valence-electron chi connectivity index (χ4n) is 2.52.